The largest absolute Gasteiger partial charge is 0.291 e. The van der Waals surface area contributed by atoms with Crippen LogP contribution in [-0.4, -0.2) is 9.38 Å². The zero-order chi connectivity index (χ0) is 34.6. The Balaban J connectivity index is 0.989. The van der Waals surface area contributed by atoms with Crippen LogP contribution in [0.25, 0.3) is 112 Å². The molecule has 0 atom stereocenters. The van der Waals surface area contributed by atoms with Gasteiger partial charge in [0.25, 0.3) is 0 Å². The molecule has 4 heterocycles. The van der Waals surface area contributed by atoms with Gasteiger partial charge in [0.15, 0.2) is 5.65 Å². The fourth-order valence-electron chi connectivity index (χ4n) is 8.41. The molecule has 0 amide bonds. The molecule has 0 saturated heterocycles. The van der Waals surface area contributed by atoms with Crippen LogP contribution in [0, 0.1) is 0 Å². The van der Waals surface area contributed by atoms with Crippen molar-refractivity contribution in [3.8, 4) is 33.5 Å². The maximum Gasteiger partial charge on any atom is 0.156 e. The van der Waals surface area contributed by atoms with E-state index in [4.69, 9.17) is 4.98 Å². The van der Waals surface area contributed by atoms with Crippen molar-refractivity contribution in [2.24, 2.45) is 0 Å². The van der Waals surface area contributed by atoms with Gasteiger partial charge in [0.2, 0.25) is 0 Å². The normalized spacial score (nSPS) is 12.2. The molecule has 12 rings (SSSR count). The van der Waals surface area contributed by atoms with E-state index in [2.05, 4.69) is 174 Å². The Morgan fingerprint density at radius 2 is 0.962 bits per heavy atom. The molecule has 0 fully saturated rings. The molecule has 0 aliphatic rings. The number of rotatable bonds is 3. The van der Waals surface area contributed by atoms with E-state index in [1.807, 2.05) is 22.7 Å². The highest BCUT2D eigenvalue weighted by molar-refractivity contribution is 7.26. The monoisotopic (exact) mass is 708 g/mol. The molecule has 246 valence electrons. The van der Waals surface area contributed by atoms with Crippen molar-refractivity contribution < 1.29 is 0 Å². The second kappa shape index (κ2) is 11.1. The van der Waals surface area contributed by atoms with Crippen LogP contribution in [0.15, 0.2) is 170 Å². The summed E-state index contributed by atoms with van der Waals surface area (Å²) in [5.41, 5.74) is 10.4. The smallest absolute Gasteiger partial charge is 0.156 e. The molecule has 53 heavy (non-hydrogen) atoms. The number of nitrogens with zero attached hydrogens (tertiary/aromatic N) is 2. The van der Waals surface area contributed by atoms with Gasteiger partial charge in [0, 0.05) is 41.0 Å². The van der Waals surface area contributed by atoms with Crippen LogP contribution in [0.3, 0.4) is 0 Å². The van der Waals surface area contributed by atoms with E-state index in [0.29, 0.717) is 0 Å². The minimum Gasteiger partial charge on any atom is -0.291 e. The van der Waals surface area contributed by atoms with Crippen molar-refractivity contribution in [3.05, 3.63) is 170 Å². The van der Waals surface area contributed by atoms with Gasteiger partial charge in [-0.3, -0.25) is 4.40 Å². The Bertz CT molecular complexity index is 3440. The number of aromatic nitrogens is 2. The summed E-state index contributed by atoms with van der Waals surface area (Å²) in [7, 11) is 0. The highest BCUT2D eigenvalue weighted by Gasteiger charge is 2.19. The molecular formula is C49H28N2S2. The van der Waals surface area contributed by atoms with Gasteiger partial charge in [-0.05, 0) is 80.4 Å². The van der Waals surface area contributed by atoms with Gasteiger partial charge < -0.3 is 0 Å². The average molecular weight is 709 g/mol. The Morgan fingerprint density at radius 3 is 1.74 bits per heavy atom. The van der Waals surface area contributed by atoms with Gasteiger partial charge in [-0.25, -0.2) is 4.98 Å². The molecule has 0 aliphatic carbocycles. The maximum absolute atomic E-state index is 5.46. The lowest BCUT2D eigenvalue weighted by Gasteiger charge is -2.11. The Morgan fingerprint density at radius 1 is 0.377 bits per heavy atom. The SMILES string of the molecule is c1ccc2c(c1)ccc1c2ccc2c1nc1c3sc4ccccc4c3cc(-c3ccc(-c4ccc(-c5ccc6sc7ccccc7c6c5)cc4)cc3)n21. The van der Waals surface area contributed by atoms with Crippen LogP contribution in [0.2, 0.25) is 0 Å². The van der Waals surface area contributed by atoms with Gasteiger partial charge in [-0.2, -0.15) is 0 Å². The van der Waals surface area contributed by atoms with E-state index in [1.165, 1.54) is 89.7 Å². The highest BCUT2D eigenvalue weighted by Crippen LogP contribution is 2.42. The lowest BCUT2D eigenvalue weighted by molar-refractivity contribution is 1.25. The van der Waals surface area contributed by atoms with Crippen LogP contribution in [0.5, 0.6) is 0 Å². The van der Waals surface area contributed by atoms with E-state index in [-0.39, 0.29) is 0 Å². The van der Waals surface area contributed by atoms with E-state index < -0.39 is 0 Å². The summed E-state index contributed by atoms with van der Waals surface area (Å²) in [6.07, 6.45) is 0. The number of hydrogen-bond acceptors (Lipinski definition) is 3. The zero-order valence-corrected chi connectivity index (χ0v) is 30.0. The Labute approximate surface area is 312 Å². The molecule has 0 N–H and O–H groups in total. The number of benzene rings is 8. The minimum atomic E-state index is 1.02. The fraction of sp³-hybridized carbons (Fsp3) is 0. The third-order valence-electron chi connectivity index (χ3n) is 11.0. The molecule has 8 aromatic carbocycles. The van der Waals surface area contributed by atoms with Crippen LogP contribution in [-0.2, 0) is 0 Å². The summed E-state index contributed by atoms with van der Waals surface area (Å²) in [4.78, 5) is 5.46. The van der Waals surface area contributed by atoms with Crippen molar-refractivity contribution in [1.82, 2.24) is 9.38 Å². The molecule has 0 spiro atoms. The maximum atomic E-state index is 5.46. The number of pyridine rings is 1. The standard InChI is InChI=1S/C49H28N2S2/c1-2-8-35-32(7-1)21-23-39-36(35)24-25-42-47(39)50-49-48-41(38-10-4-6-12-45(38)53-48)28-43(51(42)49)33-19-17-30(18-20-33)29-13-15-31(16-14-29)34-22-26-46-40(27-34)37-9-3-5-11-44(37)52-46/h1-28H. The van der Waals surface area contributed by atoms with E-state index >= 15 is 0 Å². The second-order valence-electron chi connectivity index (χ2n) is 13.9. The van der Waals surface area contributed by atoms with E-state index in [0.717, 1.165) is 22.4 Å². The third-order valence-corrected chi connectivity index (χ3v) is 13.3. The summed E-state index contributed by atoms with van der Waals surface area (Å²) in [5.74, 6) is 0. The zero-order valence-electron chi connectivity index (χ0n) is 28.4. The molecule has 2 nitrogen and oxygen atoms in total. The summed E-state index contributed by atoms with van der Waals surface area (Å²) >= 11 is 3.70. The molecule has 4 heteroatoms. The quantitative estimate of drug-likeness (QED) is 0.167. The summed E-state index contributed by atoms with van der Waals surface area (Å²) in [6, 6.07) is 62.4. The van der Waals surface area contributed by atoms with E-state index in [9.17, 15) is 0 Å². The van der Waals surface area contributed by atoms with Crippen LogP contribution < -0.4 is 0 Å². The number of imidazole rings is 1. The fourth-order valence-corrected chi connectivity index (χ4v) is 10.7. The first-order valence-electron chi connectivity index (χ1n) is 17.9. The molecule has 0 saturated carbocycles. The summed E-state index contributed by atoms with van der Waals surface area (Å²) in [5, 5.41) is 10.1. The summed E-state index contributed by atoms with van der Waals surface area (Å²) < 4.78 is 7.57. The van der Waals surface area contributed by atoms with Crippen molar-refractivity contribution in [3.63, 3.8) is 0 Å². The third kappa shape index (κ3) is 4.34. The predicted molar refractivity (Wildman–Crippen MR) is 230 cm³/mol. The van der Waals surface area contributed by atoms with Crippen molar-refractivity contribution in [2.45, 2.75) is 0 Å². The predicted octanol–water partition coefficient (Wildman–Crippen LogP) is 14.5. The molecule has 0 radical (unpaired) electrons. The van der Waals surface area contributed by atoms with Crippen LogP contribution in [0.4, 0.5) is 0 Å². The van der Waals surface area contributed by atoms with Gasteiger partial charge in [0.1, 0.15) is 0 Å². The lowest BCUT2D eigenvalue weighted by Crippen LogP contribution is -1.93. The van der Waals surface area contributed by atoms with Gasteiger partial charge in [-0.1, -0.05) is 133 Å². The molecular weight excluding hydrogens is 681 g/mol. The minimum absolute atomic E-state index is 1.02. The Hall–Kier alpha value is -6.33. The van der Waals surface area contributed by atoms with E-state index in [1.54, 1.807) is 0 Å². The molecule has 0 unspecified atom stereocenters. The molecule has 0 bridgehead atoms. The first-order chi connectivity index (χ1) is 26.2. The number of fused-ring (bicyclic) bond motifs is 14. The van der Waals surface area contributed by atoms with Crippen molar-refractivity contribution in [1.29, 1.82) is 0 Å². The average Bonchev–Trinajstić information content (AvgIpc) is 3.92. The van der Waals surface area contributed by atoms with Gasteiger partial charge in [0.05, 0.1) is 21.4 Å². The highest BCUT2D eigenvalue weighted by atomic mass is 32.1. The number of thiophene rings is 2. The topological polar surface area (TPSA) is 17.3 Å². The lowest BCUT2D eigenvalue weighted by atomic mass is 9.98. The molecule has 12 aromatic rings. The van der Waals surface area contributed by atoms with Gasteiger partial charge >= 0.3 is 0 Å². The second-order valence-corrected chi connectivity index (χ2v) is 16.1. The van der Waals surface area contributed by atoms with Crippen LogP contribution in [0.1, 0.15) is 0 Å². The Kier molecular flexibility index (Phi) is 6.12. The van der Waals surface area contributed by atoms with Crippen molar-refractivity contribution >= 4 is 101 Å². The number of hydrogen-bond donors (Lipinski definition) is 0. The molecule has 4 aromatic heterocycles. The molecule has 0 aliphatic heterocycles. The summed E-state index contributed by atoms with van der Waals surface area (Å²) in [6.45, 7) is 0. The first-order valence-corrected chi connectivity index (χ1v) is 19.6. The van der Waals surface area contributed by atoms with Gasteiger partial charge in [-0.15, -0.1) is 22.7 Å². The first kappa shape index (κ1) is 29.3. The van der Waals surface area contributed by atoms with Crippen molar-refractivity contribution in [2.75, 3.05) is 0 Å². The van der Waals surface area contributed by atoms with Crippen LogP contribution >= 0.6 is 22.7 Å².